The SMILES string of the molecule is COC(=O)C(CN1CCN2CCCC2C1)NC1CC1. The molecule has 0 radical (unpaired) electrons. The van der Waals surface area contributed by atoms with Gasteiger partial charge in [-0.05, 0) is 32.2 Å². The number of nitrogens with zero attached hydrogens (tertiary/aromatic N) is 2. The Balaban J connectivity index is 1.53. The van der Waals surface area contributed by atoms with E-state index in [1.165, 1.54) is 39.3 Å². The Bertz CT molecular complexity index is 333. The molecule has 0 amide bonds. The van der Waals surface area contributed by atoms with E-state index in [-0.39, 0.29) is 12.0 Å². The van der Waals surface area contributed by atoms with Crippen molar-refractivity contribution in [3.8, 4) is 0 Å². The summed E-state index contributed by atoms with van der Waals surface area (Å²) in [6, 6.07) is 1.11. The highest BCUT2D eigenvalue weighted by molar-refractivity contribution is 5.76. The Morgan fingerprint density at radius 1 is 1.32 bits per heavy atom. The second kappa shape index (κ2) is 5.77. The van der Waals surface area contributed by atoms with Gasteiger partial charge in [0.05, 0.1) is 7.11 Å². The summed E-state index contributed by atoms with van der Waals surface area (Å²) in [5, 5.41) is 3.42. The van der Waals surface area contributed by atoms with Crippen molar-refractivity contribution >= 4 is 5.97 Å². The maximum absolute atomic E-state index is 11.9. The summed E-state index contributed by atoms with van der Waals surface area (Å²) in [4.78, 5) is 16.9. The summed E-state index contributed by atoms with van der Waals surface area (Å²) in [5.41, 5.74) is 0. The van der Waals surface area contributed by atoms with Gasteiger partial charge in [-0.3, -0.25) is 14.6 Å². The van der Waals surface area contributed by atoms with Crippen LogP contribution in [0, 0.1) is 0 Å². The number of carbonyl (C=O) groups is 1. The summed E-state index contributed by atoms with van der Waals surface area (Å²) < 4.78 is 4.93. The molecular formula is C14H25N3O2. The molecule has 2 aliphatic heterocycles. The topological polar surface area (TPSA) is 44.8 Å². The lowest BCUT2D eigenvalue weighted by atomic mass is 10.1. The standard InChI is InChI=1S/C14H25N3O2/c1-19-14(18)13(15-11-4-5-11)10-16-7-8-17-6-2-3-12(17)9-16/h11-13,15H,2-10H2,1H3. The normalized spacial score (nSPS) is 30.1. The van der Waals surface area contributed by atoms with Crippen molar-refractivity contribution in [1.29, 1.82) is 0 Å². The minimum atomic E-state index is -0.148. The van der Waals surface area contributed by atoms with Crippen molar-refractivity contribution in [3.05, 3.63) is 0 Å². The number of piperazine rings is 1. The van der Waals surface area contributed by atoms with E-state index in [0.29, 0.717) is 12.1 Å². The number of fused-ring (bicyclic) bond motifs is 1. The molecule has 1 aliphatic carbocycles. The number of carbonyl (C=O) groups excluding carboxylic acids is 1. The first-order valence-corrected chi connectivity index (χ1v) is 7.56. The zero-order valence-corrected chi connectivity index (χ0v) is 11.8. The molecule has 108 valence electrons. The molecule has 0 bridgehead atoms. The first-order chi connectivity index (χ1) is 9.26. The van der Waals surface area contributed by atoms with E-state index in [1.54, 1.807) is 0 Å². The molecule has 0 spiro atoms. The largest absolute Gasteiger partial charge is 0.468 e. The quantitative estimate of drug-likeness (QED) is 0.714. The zero-order valence-electron chi connectivity index (χ0n) is 11.8. The van der Waals surface area contributed by atoms with Gasteiger partial charge in [-0.15, -0.1) is 0 Å². The first-order valence-electron chi connectivity index (χ1n) is 7.56. The summed E-state index contributed by atoms with van der Waals surface area (Å²) in [7, 11) is 1.48. The number of ether oxygens (including phenoxy) is 1. The van der Waals surface area contributed by atoms with Crippen molar-refractivity contribution in [2.24, 2.45) is 0 Å². The first kappa shape index (κ1) is 13.3. The van der Waals surface area contributed by atoms with Crippen LogP contribution in [-0.4, -0.2) is 73.7 Å². The average molecular weight is 267 g/mol. The molecular weight excluding hydrogens is 242 g/mol. The van der Waals surface area contributed by atoms with Crippen LogP contribution in [0.5, 0.6) is 0 Å². The maximum Gasteiger partial charge on any atom is 0.324 e. The van der Waals surface area contributed by atoms with E-state index in [4.69, 9.17) is 4.74 Å². The highest BCUT2D eigenvalue weighted by Gasteiger charge is 2.34. The van der Waals surface area contributed by atoms with E-state index in [0.717, 1.165) is 26.2 Å². The Hall–Kier alpha value is -0.650. The van der Waals surface area contributed by atoms with Gasteiger partial charge in [-0.2, -0.15) is 0 Å². The number of esters is 1. The predicted molar refractivity (Wildman–Crippen MR) is 73.0 cm³/mol. The third-order valence-corrected chi connectivity index (χ3v) is 4.61. The van der Waals surface area contributed by atoms with Gasteiger partial charge in [0.15, 0.2) is 0 Å². The van der Waals surface area contributed by atoms with E-state index >= 15 is 0 Å². The zero-order chi connectivity index (χ0) is 13.2. The van der Waals surface area contributed by atoms with Crippen LogP contribution in [0.1, 0.15) is 25.7 Å². The van der Waals surface area contributed by atoms with Crippen LogP contribution in [0.15, 0.2) is 0 Å². The van der Waals surface area contributed by atoms with Crippen LogP contribution >= 0.6 is 0 Å². The Morgan fingerprint density at radius 3 is 2.89 bits per heavy atom. The molecule has 0 aromatic carbocycles. The van der Waals surface area contributed by atoms with Gasteiger partial charge in [-0.25, -0.2) is 0 Å². The lowest BCUT2D eigenvalue weighted by Gasteiger charge is -2.38. The molecule has 2 heterocycles. The van der Waals surface area contributed by atoms with Crippen LogP contribution < -0.4 is 5.32 Å². The second-order valence-electron chi connectivity index (χ2n) is 6.11. The number of methoxy groups -OCH3 is 1. The van der Waals surface area contributed by atoms with Crippen molar-refractivity contribution in [1.82, 2.24) is 15.1 Å². The van der Waals surface area contributed by atoms with Gasteiger partial charge in [0.25, 0.3) is 0 Å². The third-order valence-electron chi connectivity index (χ3n) is 4.61. The predicted octanol–water partition coefficient (Wildman–Crippen LogP) is 0.0600. The van der Waals surface area contributed by atoms with Crippen molar-refractivity contribution in [2.75, 3.05) is 39.8 Å². The highest BCUT2D eigenvalue weighted by atomic mass is 16.5. The summed E-state index contributed by atoms with van der Waals surface area (Å²) >= 11 is 0. The molecule has 3 fully saturated rings. The Labute approximate surface area is 115 Å². The molecule has 2 saturated heterocycles. The van der Waals surface area contributed by atoms with E-state index in [9.17, 15) is 4.79 Å². The minimum absolute atomic E-state index is 0.110. The fraction of sp³-hybridized carbons (Fsp3) is 0.929. The Kier molecular flexibility index (Phi) is 4.05. The molecule has 2 atom stereocenters. The van der Waals surface area contributed by atoms with Gasteiger partial charge in [0.1, 0.15) is 6.04 Å². The summed E-state index contributed by atoms with van der Waals surface area (Å²) in [6.45, 7) is 5.41. The van der Waals surface area contributed by atoms with Crippen molar-refractivity contribution in [2.45, 2.75) is 43.8 Å². The van der Waals surface area contributed by atoms with Gasteiger partial charge in [0, 0.05) is 38.3 Å². The minimum Gasteiger partial charge on any atom is -0.468 e. The lowest BCUT2D eigenvalue weighted by Crippen LogP contribution is -2.55. The monoisotopic (exact) mass is 267 g/mol. The fourth-order valence-electron chi connectivity index (χ4n) is 3.35. The van der Waals surface area contributed by atoms with Crippen LogP contribution in [-0.2, 0) is 9.53 Å². The molecule has 0 aromatic rings. The molecule has 0 aromatic heterocycles. The molecule has 3 rings (SSSR count). The van der Waals surface area contributed by atoms with Gasteiger partial charge >= 0.3 is 5.97 Å². The van der Waals surface area contributed by atoms with Gasteiger partial charge in [0.2, 0.25) is 0 Å². The number of hydrogen-bond donors (Lipinski definition) is 1. The van der Waals surface area contributed by atoms with Crippen LogP contribution in [0.25, 0.3) is 0 Å². The molecule has 3 aliphatic rings. The number of rotatable bonds is 5. The molecule has 1 N–H and O–H groups in total. The summed E-state index contributed by atoms with van der Waals surface area (Å²) in [5.74, 6) is -0.110. The van der Waals surface area contributed by atoms with Gasteiger partial charge in [-0.1, -0.05) is 0 Å². The Morgan fingerprint density at radius 2 is 2.16 bits per heavy atom. The van der Waals surface area contributed by atoms with Crippen molar-refractivity contribution in [3.63, 3.8) is 0 Å². The second-order valence-corrected chi connectivity index (χ2v) is 6.11. The average Bonchev–Trinajstić information content (AvgIpc) is 3.12. The molecule has 19 heavy (non-hydrogen) atoms. The molecule has 5 heteroatoms. The van der Waals surface area contributed by atoms with Crippen LogP contribution in [0.3, 0.4) is 0 Å². The molecule has 5 nitrogen and oxygen atoms in total. The number of nitrogens with one attached hydrogen (secondary N) is 1. The van der Waals surface area contributed by atoms with Gasteiger partial charge < -0.3 is 10.1 Å². The van der Waals surface area contributed by atoms with E-state index in [1.807, 2.05) is 0 Å². The van der Waals surface area contributed by atoms with Crippen LogP contribution in [0.2, 0.25) is 0 Å². The summed E-state index contributed by atoms with van der Waals surface area (Å²) in [6.07, 6.45) is 5.04. The number of hydrogen-bond acceptors (Lipinski definition) is 5. The maximum atomic E-state index is 11.9. The lowest BCUT2D eigenvalue weighted by molar-refractivity contribution is -0.143. The molecule has 2 unspecified atom stereocenters. The van der Waals surface area contributed by atoms with Crippen LogP contribution in [0.4, 0.5) is 0 Å². The highest BCUT2D eigenvalue weighted by Crippen LogP contribution is 2.23. The van der Waals surface area contributed by atoms with Crippen molar-refractivity contribution < 1.29 is 9.53 Å². The third kappa shape index (κ3) is 3.27. The van der Waals surface area contributed by atoms with E-state index < -0.39 is 0 Å². The molecule has 1 saturated carbocycles. The van der Waals surface area contributed by atoms with E-state index in [2.05, 4.69) is 15.1 Å². The fourth-order valence-corrected chi connectivity index (χ4v) is 3.35. The smallest absolute Gasteiger partial charge is 0.324 e.